The lowest BCUT2D eigenvalue weighted by atomic mass is 10.1. The molecule has 0 bridgehead atoms. The van der Waals surface area contributed by atoms with E-state index in [1.165, 1.54) is 10.9 Å². The van der Waals surface area contributed by atoms with Gasteiger partial charge in [0.15, 0.2) is 0 Å². The standard InChI is InChI=1S/C15H21NO2/c1-4-6-12-13-9-11(17-3)7-8-14(13)18-15(12)10-16-5-2/h7-9,16H,4-6,10H2,1-3H3. The van der Waals surface area contributed by atoms with Crippen LogP contribution in [0.1, 0.15) is 31.6 Å². The van der Waals surface area contributed by atoms with Crippen LogP contribution in [-0.2, 0) is 13.0 Å². The fourth-order valence-corrected chi connectivity index (χ4v) is 2.21. The Bertz CT molecular complexity index is 516. The Morgan fingerprint density at radius 1 is 1.28 bits per heavy atom. The second-order valence-corrected chi connectivity index (χ2v) is 4.40. The van der Waals surface area contributed by atoms with Gasteiger partial charge in [-0.05, 0) is 31.2 Å². The number of aryl methyl sites for hydroxylation is 1. The second-order valence-electron chi connectivity index (χ2n) is 4.40. The van der Waals surface area contributed by atoms with Crippen molar-refractivity contribution in [3.8, 4) is 5.75 Å². The zero-order valence-corrected chi connectivity index (χ0v) is 11.4. The Kier molecular flexibility index (Phi) is 4.26. The fourth-order valence-electron chi connectivity index (χ4n) is 2.21. The third-order valence-electron chi connectivity index (χ3n) is 3.12. The molecule has 0 saturated carbocycles. The summed E-state index contributed by atoms with van der Waals surface area (Å²) in [7, 11) is 1.69. The summed E-state index contributed by atoms with van der Waals surface area (Å²) in [6.07, 6.45) is 2.16. The summed E-state index contributed by atoms with van der Waals surface area (Å²) in [5.41, 5.74) is 2.26. The maximum Gasteiger partial charge on any atom is 0.134 e. The smallest absolute Gasteiger partial charge is 0.134 e. The quantitative estimate of drug-likeness (QED) is 0.848. The van der Waals surface area contributed by atoms with E-state index in [0.717, 1.165) is 43.0 Å². The van der Waals surface area contributed by atoms with Crippen molar-refractivity contribution in [2.75, 3.05) is 13.7 Å². The van der Waals surface area contributed by atoms with E-state index in [0.29, 0.717) is 0 Å². The lowest BCUT2D eigenvalue weighted by molar-refractivity contribution is 0.415. The van der Waals surface area contributed by atoms with E-state index >= 15 is 0 Å². The summed E-state index contributed by atoms with van der Waals surface area (Å²) in [4.78, 5) is 0. The molecule has 1 N–H and O–H groups in total. The van der Waals surface area contributed by atoms with Gasteiger partial charge in [0.1, 0.15) is 17.1 Å². The van der Waals surface area contributed by atoms with Crippen LogP contribution in [0.15, 0.2) is 22.6 Å². The molecule has 1 aromatic heterocycles. The van der Waals surface area contributed by atoms with Crippen molar-refractivity contribution in [2.24, 2.45) is 0 Å². The van der Waals surface area contributed by atoms with Gasteiger partial charge in [0.25, 0.3) is 0 Å². The molecule has 0 saturated heterocycles. The summed E-state index contributed by atoms with van der Waals surface area (Å²) < 4.78 is 11.2. The van der Waals surface area contributed by atoms with E-state index in [1.807, 2.05) is 12.1 Å². The minimum absolute atomic E-state index is 0.794. The van der Waals surface area contributed by atoms with Crippen LogP contribution >= 0.6 is 0 Å². The van der Waals surface area contributed by atoms with Crippen molar-refractivity contribution in [1.29, 1.82) is 0 Å². The number of hydrogen-bond acceptors (Lipinski definition) is 3. The SMILES string of the molecule is CCCc1c(CNCC)oc2ccc(OC)cc12. The van der Waals surface area contributed by atoms with Crippen LogP contribution < -0.4 is 10.1 Å². The van der Waals surface area contributed by atoms with E-state index in [9.17, 15) is 0 Å². The highest BCUT2D eigenvalue weighted by Gasteiger charge is 2.13. The van der Waals surface area contributed by atoms with E-state index in [4.69, 9.17) is 9.15 Å². The monoisotopic (exact) mass is 247 g/mol. The first-order chi connectivity index (χ1) is 8.80. The number of methoxy groups -OCH3 is 1. The van der Waals surface area contributed by atoms with Crippen molar-refractivity contribution in [2.45, 2.75) is 33.2 Å². The van der Waals surface area contributed by atoms with E-state index in [2.05, 4.69) is 25.2 Å². The number of hydrogen-bond donors (Lipinski definition) is 1. The third kappa shape index (κ3) is 2.51. The molecule has 0 fully saturated rings. The first-order valence-corrected chi connectivity index (χ1v) is 6.59. The molecule has 3 heteroatoms. The van der Waals surface area contributed by atoms with Crippen LogP contribution in [-0.4, -0.2) is 13.7 Å². The van der Waals surface area contributed by atoms with Crippen LogP contribution in [0.3, 0.4) is 0 Å². The van der Waals surface area contributed by atoms with Crippen LogP contribution in [0.5, 0.6) is 5.75 Å². The Balaban J connectivity index is 2.46. The second kappa shape index (κ2) is 5.91. The van der Waals surface area contributed by atoms with Gasteiger partial charge in [0, 0.05) is 10.9 Å². The van der Waals surface area contributed by atoms with Gasteiger partial charge in [-0.15, -0.1) is 0 Å². The lowest BCUT2D eigenvalue weighted by Crippen LogP contribution is -2.12. The molecule has 1 aromatic carbocycles. The van der Waals surface area contributed by atoms with Crippen LogP contribution in [0.25, 0.3) is 11.0 Å². The number of nitrogens with one attached hydrogen (secondary N) is 1. The maximum atomic E-state index is 5.94. The predicted molar refractivity (Wildman–Crippen MR) is 74.1 cm³/mol. The van der Waals surface area contributed by atoms with Crippen molar-refractivity contribution >= 4 is 11.0 Å². The molecule has 3 nitrogen and oxygen atoms in total. The molecule has 1 heterocycles. The molecular formula is C15H21NO2. The molecule has 0 unspecified atom stereocenters. The molecule has 0 aliphatic carbocycles. The van der Waals surface area contributed by atoms with Gasteiger partial charge in [0.2, 0.25) is 0 Å². The van der Waals surface area contributed by atoms with Gasteiger partial charge in [-0.2, -0.15) is 0 Å². The molecule has 0 radical (unpaired) electrons. The number of benzene rings is 1. The van der Waals surface area contributed by atoms with Gasteiger partial charge in [-0.3, -0.25) is 0 Å². The Labute approximate surface area is 108 Å². The number of ether oxygens (including phenoxy) is 1. The first-order valence-electron chi connectivity index (χ1n) is 6.59. The molecule has 2 aromatic rings. The number of fused-ring (bicyclic) bond motifs is 1. The van der Waals surface area contributed by atoms with Gasteiger partial charge in [-0.1, -0.05) is 20.3 Å². The molecule has 0 amide bonds. The van der Waals surface area contributed by atoms with Crippen LogP contribution in [0.4, 0.5) is 0 Å². The molecule has 0 atom stereocenters. The molecule has 2 rings (SSSR count). The molecule has 0 aliphatic heterocycles. The summed E-state index contributed by atoms with van der Waals surface area (Å²) >= 11 is 0. The zero-order valence-electron chi connectivity index (χ0n) is 11.4. The number of furan rings is 1. The van der Waals surface area contributed by atoms with E-state index < -0.39 is 0 Å². The average Bonchev–Trinajstić information content (AvgIpc) is 2.74. The molecule has 0 aliphatic rings. The normalized spacial score (nSPS) is 11.1. The average molecular weight is 247 g/mol. The van der Waals surface area contributed by atoms with Crippen LogP contribution in [0.2, 0.25) is 0 Å². The maximum absolute atomic E-state index is 5.94. The Hall–Kier alpha value is -1.48. The van der Waals surface area contributed by atoms with Gasteiger partial charge < -0.3 is 14.5 Å². The number of rotatable bonds is 6. The summed E-state index contributed by atoms with van der Waals surface area (Å²) in [5.74, 6) is 1.94. The Morgan fingerprint density at radius 2 is 2.11 bits per heavy atom. The van der Waals surface area contributed by atoms with Crippen molar-refractivity contribution in [1.82, 2.24) is 5.32 Å². The predicted octanol–water partition coefficient (Wildman–Crippen LogP) is 3.50. The van der Waals surface area contributed by atoms with Gasteiger partial charge >= 0.3 is 0 Å². The highest BCUT2D eigenvalue weighted by Crippen LogP contribution is 2.30. The lowest BCUT2D eigenvalue weighted by Gasteiger charge is -2.02. The van der Waals surface area contributed by atoms with Crippen molar-refractivity contribution < 1.29 is 9.15 Å². The minimum atomic E-state index is 0.794. The minimum Gasteiger partial charge on any atom is -0.497 e. The summed E-state index contributed by atoms with van der Waals surface area (Å²) in [6.45, 7) is 6.04. The largest absolute Gasteiger partial charge is 0.497 e. The van der Waals surface area contributed by atoms with Crippen molar-refractivity contribution in [3.05, 3.63) is 29.5 Å². The first kappa shape index (κ1) is 13.0. The molecule has 0 spiro atoms. The summed E-state index contributed by atoms with van der Waals surface area (Å²) in [6, 6.07) is 6.00. The molecular weight excluding hydrogens is 226 g/mol. The fraction of sp³-hybridized carbons (Fsp3) is 0.467. The highest BCUT2D eigenvalue weighted by atomic mass is 16.5. The molecule has 98 valence electrons. The third-order valence-corrected chi connectivity index (χ3v) is 3.12. The molecule has 18 heavy (non-hydrogen) atoms. The highest BCUT2D eigenvalue weighted by molar-refractivity contribution is 5.83. The zero-order chi connectivity index (χ0) is 13.0. The van der Waals surface area contributed by atoms with E-state index in [1.54, 1.807) is 7.11 Å². The van der Waals surface area contributed by atoms with Gasteiger partial charge in [0.05, 0.1) is 13.7 Å². The Morgan fingerprint density at radius 3 is 2.78 bits per heavy atom. The topological polar surface area (TPSA) is 34.4 Å². The summed E-state index contributed by atoms with van der Waals surface area (Å²) in [5, 5.41) is 4.51. The van der Waals surface area contributed by atoms with Crippen LogP contribution in [0, 0.1) is 0 Å². The van der Waals surface area contributed by atoms with Gasteiger partial charge in [-0.25, -0.2) is 0 Å². The van der Waals surface area contributed by atoms with Crippen molar-refractivity contribution in [3.63, 3.8) is 0 Å². The van der Waals surface area contributed by atoms with E-state index in [-0.39, 0.29) is 0 Å².